The average molecular weight is 329 g/mol. The first-order valence-electron chi connectivity index (χ1n) is 9.13. The average Bonchev–Trinajstić information content (AvgIpc) is 2.62. The van der Waals surface area contributed by atoms with E-state index in [9.17, 15) is 14.7 Å². The number of amides is 1. The number of rotatable bonds is 3. The van der Waals surface area contributed by atoms with Crippen molar-refractivity contribution in [1.29, 1.82) is 0 Å². The lowest BCUT2D eigenvalue weighted by Gasteiger charge is -2.42. The molecule has 1 aliphatic carbocycles. The van der Waals surface area contributed by atoms with Crippen molar-refractivity contribution in [3.8, 4) is 0 Å². The van der Waals surface area contributed by atoms with Crippen molar-refractivity contribution >= 4 is 11.9 Å². The highest BCUT2D eigenvalue weighted by atomic mass is 16.4. The quantitative estimate of drug-likeness (QED) is 0.923. The van der Waals surface area contributed by atoms with E-state index >= 15 is 0 Å². The van der Waals surface area contributed by atoms with Gasteiger partial charge in [-0.15, -0.1) is 0 Å². The van der Waals surface area contributed by atoms with Crippen LogP contribution in [0.1, 0.15) is 56.1 Å². The first-order valence-corrected chi connectivity index (χ1v) is 9.13. The maximum atomic E-state index is 13.5. The van der Waals surface area contributed by atoms with Crippen molar-refractivity contribution in [3.63, 3.8) is 0 Å². The summed E-state index contributed by atoms with van der Waals surface area (Å²) in [5.74, 6) is -0.802. The van der Waals surface area contributed by atoms with Crippen LogP contribution in [0.25, 0.3) is 0 Å². The minimum absolute atomic E-state index is 0.223. The van der Waals surface area contributed by atoms with Gasteiger partial charge in [-0.1, -0.05) is 43.5 Å². The molecule has 1 aromatic carbocycles. The molecule has 130 valence electrons. The minimum atomic E-state index is -0.728. The number of piperidine rings is 1. The molecule has 1 heterocycles. The zero-order valence-corrected chi connectivity index (χ0v) is 14.5. The van der Waals surface area contributed by atoms with E-state index in [4.69, 9.17) is 0 Å². The summed E-state index contributed by atoms with van der Waals surface area (Å²) in [4.78, 5) is 26.6. The molecular formula is C20H27NO3. The SMILES string of the molecule is Cc1ccccc1C1(C(=O)N2CCC(C(=O)O)CC2)CCCCC1. The van der Waals surface area contributed by atoms with Crippen LogP contribution in [0.2, 0.25) is 0 Å². The molecule has 0 radical (unpaired) electrons. The molecule has 3 rings (SSSR count). The molecule has 0 unspecified atom stereocenters. The zero-order valence-electron chi connectivity index (χ0n) is 14.5. The summed E-state index contributed by atoms with van der Waals surface area (Å²) in [6, 6.07) is 8.26. The fraction of sp³-hybridized carbons (Fsp3) is 0.600. The molecule has 1 N–H and O–H groups in total. The molecule has 2 aliphatic rings. The summed E-state index contributed by atoms with van der Waals surface area (Å²) in [6.07, 6.45) is 6.35. The lowest BCUT2D eigenvalue weighted by molar-refractivity contribution is -0.148. The van der Waals surface area contributed by atoms with Crippen molar-refractivity contribution in [2.75, 3.05) is 13.1 Å². The normalized spacial score (nSPS) is 21.5. The fourth-order valence-electron chi connectivity index (χ4n) is 4.50. The summed E-state index contributed by atoms with van der Waals surface area (Å²) in [7, 11) is 0. The van der Waals surface area contributed by atoms with Gasteiger partial charge in [-0.25, -0.2) is 0 Å². The van der Waals surface area contributed by atoms with E-state index in [0.29, 0.717) is 25.9 Å². The lowest BCUT2D eigenvalue weighted by atomic mass is 9.67. The minimum Gasteiger partial charge on any atom is -0.481 e. The second-order valence-electron chi connectivity index (χ2n) is 7.36. The molecule has 1 saturated heterocycles. The first kappa shape index (κ1) is 17.0. The number of nitrogens with zero attached hydrogens (tertiary/aromatic N) is 1. The topological polar surface area (TPSA) is 57.6 Å². The Balaban J connectivity index is 1.86. The molecule has 1 aromatic rings. The summed E-state index contributed by atoms with van der Waals surface area (Å²) < 4.78 is 0. The highest BCUT2D eigenvalue weighted by Gasteiger charge is 2.45. The van der Waals surface area contributed by atoms with Crippen molar-refractivity contribution < 1.29 is 14.7 Å². The number of aryl methyl sites for hydroxylation is 1. The Kier molecular flexibility index (Phi) is 4.93. The van der Waals surface area contributed by atoms with Crippen LogP contribution in [0.15, 0.2) is 24.3 Å². The molecule has 0 bridgehead atoms. The van der Waals surface area contributed by atoms with Gasteiger partial charge in [0, 0.05) is 13.1 Å². The van der Waals surface area contributed by atoms with Crippen LogP contribution in [0, 0.1) is 12.8 Å². The van der Waals surface area contributed by atoms with Gasteiger partial charge >= 0.3 is 5.97 Å². The standard InChI is InChI=1S/C20H27NO3/c1-15-7-3-4-8-17(15)20(11-5-2-6-12-20)19(24)21-13-9-16(10-14-21)18(22)23/h3-4,7-8,16H,2,5-6,9-14H2,1H3,(H,22,23). The Labute approximate surface area is 143 Å². The Bertz CT molecular complexity index is 611. The van der Waals surface area contributed by atoms with Gasteiger partial charge in [0.25, 0.3) is 0 Å². The van der Waals surface area contributed by atoms with Crippen molar-refractivity contribution in [3.05, 3.63) is 35.4 Å². The van der Waals surface area contributed by atoms with E-state index in [-0.39, 0.29) is 11.8 Å². The summed E-state index contributed by atoms with van der Waals surface area (Å²) >= 11 is 0. The van der Waals surface area contributed by atoms with Gasteiger partial charge in [0.15, 0.2) is 0 Å². The Hall–Kier alpha value is -1.84. The van der Waals surface area contributed by atoms with Crippen LogP contribution in [0.4, 0.5) is 0 Å². The number of likely N-dealkylation sites (tertiary alicyclic amines) is 1. The maximum absolute atomic E-state index is 13.5. The smallest absolute Gasteiger partial charge is 0.306 e. The van der Waals surface area contributed by atoms with Gasteiger partial charge in [0.05, 0.1) is 11.3 Å². The van der Waals surface area contributed by atoms with E-state index in [1.165, 1.54) is 17.5 Å². The van der Waals surface area contributed by atoms with E-state index < -0.39 is 11.4 Å². The largest absolute Gasteiger partial charge is 0.481 e. The van der Waals surface area contributed by atoms with Crippen LogP contribution in [0.5, 0.6) is 0 Å². The molecule has 0 spiro atoms. The molecule has 4 heteroatoms. The van der Waals surface area contributed by atoms with Gasteiger partial charge in [-0.3, -0.25) is 9.59 Å². The number of carboxylic acids is 1. The second kappa shape index (κ2) is 6.96. The third-order valence-electron chi connectivity index (χ3n) is 5.91. The molecule has 2 fully saturated rings. The Morgan fingerprint density at radius 1 is 1.08 bits per heavy atom. The number of hydrogen-bond acceptors (Lipinski definition) is 2. The number of carbonyl (C=O) groups is 2. The highest BCUT2D eigenvalue weighted by molar-refractivity contribution is 5.89. The third kappa shape index (κ3) is 3.06. The Morgan fingerprint density at radius 3 is 2.29 bits per heavy atom. The number of carbonyl (C=O) groups excluding carboxylic acids is 1. The molecular weight excluding hydrogens is 302 g/mol. The van der Waals surface area contributed by atoms with Crippen molar-refractivity contribution in [1.82, 2.24) is 4.90 Å². The first-order chi connectivity index (χ1) is 11.5. The van der Waals surface area contributed by atoms with Crippen LogP contribution < -0.4 is 0 Å². The van der Waals surface area contributed by atoms with Gasteiger partial charge in [0.1, 0.15) is 0 Å². The lowest BCUT2D eigenvalue weighted by Crippen LogP contribution is -2.51. The number of aliphatic carboxylic acids is 1. The monoisotopic (exact) mass is 329 g/mol. The number of benzene rings is 1. The summed E-state index contributed by atoms with van der Waals surface area (Å²) in [5, 5.41) is 9.17. The molecule has 1 amide bonds. The molecule has 24 heavy (non-hydrogen) atoms. The molecule has 0 aromatic heterocycles. The van der Waals surface area contributed by atoms with Gasteiger partial charge < -0.3 is 10.0 Å². The molecule has 4 nitrogen and oxygen atoms in total. The van der Waals surface area contributed by atoms with E-state index in [0.717, 1.165) is 25.7 Å². The highest BCUT2D eigenvalue weighted by Crippen LogP contribution is 2.42. The van der Waals surface area contributed by atoms with Gasteiger partial charge in [-0.2, -0.15) is 0 Å². The third-order valence-corrected chi connectivity index (χ3v) is 5.91. The van der Waals surface area contributed by atoms with E-state index in [2.05, 4.69) is 19.1 Å². The summed E-state index contributed by atoms with van der Waals surface area (Å²) in [6.45, 7) is 3.24. The summed E-state index contributed by atoms with van der Waals surface area (Å²) in [5.41, 5.74) is 1.96. The van der Waals surface area contributed by atoms with Crippen LogP contribution >= 0.6 is 0 Å². The zero-order chi connectivity index (χ0) is 17.2. The number of hydrogen-bond donors (Lipinski definition) is 1. The Morgan fingerprint density at radius 2 is 1.71 bits per heavy atom. The number of carboxylic acid groups (broad SMARTS) is 1. The van der Waals surface area contributed by atoms with Gasteiger partial charge in [-0.05, 0) is 43.7 Å². The van der Waals surface area contributed by atoms with E-state index in [1.54, 1.807) is 0 Å². The molecule has 1 aliphatic heterocycles. The van der Waals surface area contributed by atoms with Crippen LogP contribution in [-0.2, 0) is 15.0 Å². The van der Waals surface area contributed by atoms with Gasteiger partial charge in [0.2, 0.25) is 5.91 Å². The van der Waals surface area contributed by atoms with Crippen molar-refractivity contribution in [2.24, 2.45) is 5.92 Å². The maximum Gasteiger partial charge on any atom is 0.306 e. The van der Waals surface area contributed by atoms with E-state index in [1.807, 2.05) is 17.0 Å². The van der Waals surface area contributed by atoms with Crippen LogP contribution in [0.3, 0.4) is 0 Å². The fourth-order valence-corrected chi connectivity index (χ4v) is 4.50. The predicted molar refractivity (Wildman–Crippen MR) is 92.9 cm³/mol. The van der Waals surface area contributed by atoms with Crippen molar-refractivity contribution in [2.45, 2.75) is 57.3 Å². The predicted octanol–water partition coefficient (Wildman–Crippen LogP) is 3.52. The second-order valence-corrected chi connectivity index (χ2v) is 7.36. The molecule has 1 saturated carbocycles. The molecule has 0 atom stereocenters. The van der Waals surface area contributed by atoms with Crippen LogP contribution in [-0.4, -0.2) is 35.0 Å².